The number of aliphatic hydroxyl groups excluding tert-OH is 1. The first-order valence-electron chi connectivity index (χ1n) is 3.37. The van der Waals surface area contributed by atoms with Gasteiger partial charge >= 0.3 is 0 Å². The van der Waals surface area contributed by atoms with Crippen molar-refractivity contribution in [2.75, 3.05) is 6.61 Å². The standard InChI is InChI=1S/C5H5N.C3H8O/c1-2-4-6-5-3-1;1-2-3-4/h1-5H;4H,2-3H2,1H3. The Labute approximate surface area is 61.5 Å². The van der Waals surface area contributed by atoms with E-state index in [4.69, 9.17) is 5.11 Å². The third kappa shape index (κ3) is 7.11. The lowest BCUT2D eigenvalue weighted by Gasteiger charge is -1.70. The topological polar surface area (TPSA) is 33.1 Å². The van der Waals surface area contributed by atoms with Crippen LogP contribution in [0.2, 0.25) is 0 Å². The first kappa shape index (κ1) is 9.11. The first-order valence-corrected chi connectivity index (χ1v) is 3.37. The van der Waals surface area contributed by atoms with Crippen LogP contribution in [0, 0.1) is 0 Å². The lowest BCUT2D eigenvalue weighted by atomic mass is 10.5. The largest absolute Gasteiger partial charge is 0.396 e. The third-order valence-corrected chi connectivity index (χ3v) is 0.790. The molecule has 10 heavy (non-hydrogen) atoms. The maximum atomic E-state index is 7.88. The maximum Gasteiger partial charge on any atom is 0.0428 e. The fourth-order valence-electron chi connectivity index (χ4n) is 0.313. The normalized spacial score (nSPS) is 7.80. The van der Waals surface area contributed by atoms with Gasteiger partial charge in [0, 0.05) is 19.0 Å². The molecule has 0 fully saturated rings. The Morgan fingerprint density at radius 3 is 1.80 bits per heavy atom. The summed E-state index contributed by atoms with van der Waals surface area (Å²) in [6.07, 6.45) is 4.38. The number of aliphatic hydroxyl groups is 1. The first-order chi connectivity index (χ1) is 4.91. The molecular formula is C8H13NO. The molecule has 0 aliphatic rings. The molecule has 0 aromatic carbocycles. The van der Waals surface area contributed by atoms with Gasteiger partial charge in [-0.2, -0.15) is 0 Å². The van der Waals surface area contributed by atoms with E-state index in [2.05, 4.69) is 4.98 Å². The van der Waals surface area contributed by atoms with Gasteiger partial charge in [0.05, 0.1) is 0 Å². The smallest absolute Gasteiger partial charge is 0.0428 e. The van der Waals surface area contributed by atoms with Crippen molar-refractivity contribution < 1.29 is 5.11 Å². The minimum Gasteiger partial charge on any atom is -0.396 e. The molecule has 0 amide bonds. The van der Waals surface area contributed by atoms with Gasteiger partial charge in [-0.3, -0.25) is 4.98 Å². The second-order valence-corrected chi connectivity index (χ2v) is 1.75. The molecule has 0 atom stereocenters. The van der Waals surface area contributed by atoms with Crippen LogP contribution in [-0.2, 0) is 0 Å². The quantitative estimate of drug-likeness (QED) is 0.639. The molecular weight excluding hydrogens is 126 g/mol. The lowest BCUT2D eigenvalue weighted by molar-refractivity contribution is 0.295. The molecule has 0 saturated carbocycles. The highest BCUT2D eigenvalue weighted by atomic mass is 16.2. The van der Waals surface area contributed by atoms with Gasteiger partial charge in [-0.1, -0.05) is 13.0 Å². The average Bonchev–Trinajstić information content (AvgIpc) is 2.08. The summed E-state index contributed by atoms with van der Waals surface area (Å²) in [5.74, 6) is 0. The highest BCUT2D eigenvalue weighted by Crippen LogP contribution is 1.73. The SMILES string of the molecule is CCCO.c1ccncc1. The van der Waals surface area contributed by atoms with Crippen molar-refractivity contribution >= 4 is 0 Å². The molecule has 0 unspecified atom stereocenters. The Balaban J connectivity index is 0.000000180. The molecule has 1 heterocycles. The van der Waals surface area contributed by atoms with Gasteiger partial charge in [0.25, 0.3) is 0 Å². The Kier molecular flexibility index (Phi) is 7.39. The van der Waals surface area contributed by atoms with Gasteiger partial charge in [0.15, 0.2) is 0 Å². The van der Waals surface area contributed by atoms with E-state index in [0.29, 0.717) is 6.61 Å². The molecule has 0 bridgehead atoms. The molecule has 1 N–H and O–H groups in total. The Morgan fingerprint density at radius 1 is 1.20 bits per heavy atom. The summed E-state index contributed by atoms with van der Waals surface area (Å²) in [6, 6.07) is 5.72. The van der Waals surface area contributed by atoms with Crippen LogP contribution in [0.1, 0.15) is 13.3 Å². The van der Waals surface area contributed by atoms with Crippen LogP contribution in [0.4, 0.5) is 0 Å². The molecule has 56 valence electrons. The summed E-state index contributed by atoms with van der Waals surface area (Å²) < 4.78 is 0. The molecule has 2 nitrogen and oxygen atoms in total. The fourth-order valence-corrected chi connectivity index (χ4v) is 0.313. The molecule has 0 spiro atoms. The molecule has 0 aliphatic carbocycles. The van der Waals surface area contributed by atoms with E-state index in [-0.39, 0.29) is 0 Å². The fraction of sp³-hybridized carbons (Fsp3) is 0.375. The number of hydrogen-bond acceptors (Lipinski definition) is 2. The van der Waals surface area contributed by atoms with Crippen molar-refractivity contribution in [1.29, 1.82) is 0 Å². The maximum absolute atomic E-state index is 7.88. The van der Waals surface area contributed by atoms with E-state index in [1.54, 1.807) is 12.4 Å². The van der Waals surface area contributed by atoms with E-state index in [1.807, 2.05) is 25.1 Å². The molecule has 0 saturated heterocycles. The lowest BCUT2D eigenvalue weighted by Crippen LogP contribution is -1.69. The monoisotopic (exact) mass is 139 g/mol. The summed E-state index contributed by atoms with van der Waals surface area (Å²) in [4.78, 5) is 3.78. The van der Waals surface area contributed by atoms with Crippen LogP contribution in [0.15, 0.2) is 30.6 Å². The molecule has 0 radical (unpaired) electrons. The zero-order valence-corrected chi connectivity index (χ0v) is 6.20. The molecule has 0 aliphatic heterocycles. The van der Waals surface area contributed by atoms with Crippen molar-refractivity contribution in [2.45, 2.75) is 13.3 Å². The van der Waals surface area contributed by atoms with Crippen LogP contribution in [0.25, 0.3) is 0 Å². The predicted octanol–water partition coefficient (Wildman–Crippen LogP) is 1.47. The van der Waals surface area contributed by atoms with E-state index >= 15 is 0 Å². The van der Waals surface area contributed by atoms with Crippen LogP contribution >= 0.6 is 0 Å². The number of hydrogen-bond donors (Lipinski definition) is 1. The van der Waals surface area contributed by atoms with Crippen molar-refractivity contribution in [1.82, 2.24) is 4.98 Å². The van der Waals surface area contributed by atoms with E-state index in [0.717, 1.165) is 6.42 Å². The second-order valence-electron chi connectivity index (χ2n) is 1.75. The third-order valence-electron chi connectivity index (χ3n) is 0.790. The summed E-state index contributed by atoms with van der Waals surface area (Å²) >= 11 is 0. The van der Waals surface area contributed by atoms with Crippen LogP contribution in [-0.4, -0.2) is 16.7 Å². The van der Waals surface area contributed by atoms with Gasteiger partial charge in [0.2, 0.25) is 0 Å². The zero-order valence-electron chi connectivity index (χ0n) is 6.20. The van der Waals surface area contributed by atoms with Crippen molar-refractivity contribution in [3.63, 3.8) is 0 Å². The van der Waals surface area contributed by atoms with Gasteiger partial charge in [-0.05, 0) is 18.6 Å². The molecule has 1 rings (SSSR count). The van der Waals surface area contributed by atoms with Crippen molar-refractivity contribution in [3.8, 4) is 0 Å². The number of aromatic nitrogens is 1. The second kappa shape index (κ2) is 8.11. The van der Waals surface area contributed by atoms with Gasteiger partial charge in [0.1, 0.15) is 0 Å². The van der Waals surface area contributed by atoms with Crippen molar-refractivity contribution in [3.05, 3.63) is 30.6 Å². The minimum atomic E-state index is 0.319. The van der Waals surface area contributed by atoms with Crippen LogP contribution < -0.4 is 0 Å². The molecule has 1 aromatic heterocycles. The number of pyridine rings is 1. The van der Waals surface area contributed by atoms with E-state index < -0.39 is 0 Å². The molecule has 2 heteroatoms. The highest BCUT2D eigenvalue weighted by molar-refractivity contribution is 4.88. The Hall–Kier alpha value is -0.890. The number of rotatable bonds is 1. The Morgan fingerprint density at radius 2 is 1.70 bits per heavy atom. The van der Waals surface area contributed by atoms with Crippen LogP contribution in [0.5, 0.6) is 0 Å². The van der Waals surface area contributed by atoms with Crippen molar-refractivity contribution in [2.24, 2.45) is 0 Å². The summed E-state index contributed by atoms with van der Waals surface area (Å²) in [6.45, 7) is 2.25. The average molecular weight is 139 g/mol. The van der Waals surface area contributed by atoms with Gasteiger partial charge < -0.3 is 5.11 Å². The van der Waals surface area contributed by atoms with Gasteiger partial charge in [-0.25, -0.2) is 0 Å². The summed E-state index contributed by atoms with van der Waals surface area (Å²) in [5, 5.41) is 7.88. The zero-order chi connectivity index (χ0) is 7.66. The van der Waals surface area contributed by atoms with E-state index in [9.17, 15) is 0 Å². The van der Waals surface area contributed by atoms with Crippen LogP contribution in [0.3, 0.4) is 0 Å². The minimum absolute atomic E-state index is 0.319. The summed E-state index contributed by atoms with van der Waals surface area (Å²) in [5.41, 5.74) is 0. The summed E-state index contributed by atoms with van der Waals surface area (Å²) in [7, 11) is 0. The highest BCUT2D eigenvalue weighted by Gasteiger charge is 1.58. The van der Waals surface area contributed by atoms with Gasteiger partial charge in [-0.15, -0.1) is 0 Å². The molecule has 1 aromatic rings. The predicted molar refractivity (Wildman–Crippen MR) is 41.6 cm³/mol. The Bertz CT molecular complexity index is 101. The number of nitrogens with zero attached hydrogens (tertiary/aromatic N) is 1. The van der Waals surface area contributed by atoms with E-state index in [1.165, 1.54) is 0 Å².